The van der Waals surface area contributed by atoms with E-state index in [-0.39, 0.29) is 5.91 Å². The third kappa shape index (κ3) is 1.99. The van der Waals surface area contributed by atoms with Crippen LogP contribution in [0.3, 0.4) is 0 Å². The summed E-state index contributed by atoms with van der Waals surface area (Å²) in [6.45, 7) is 5.07. The van der Waals surface area contributed by atoms with Gasteiger partial charge in [0.2, 0.25) is 5.91 Å². The number of hydrogen-bond donors (Lipinski definition) is 1. The molecule has 0 aliphatic carbocycles. The largest absolute Gasteiger partial charge is 0.396 e. The van der Waals surface area contributed by atoms with Gasteiger partial charge in [-0.05, 0) is 26.0 Å². The second-order valence-electron chi connectivity index (χ2n) is 4.98. The molecule has 1 aliphatic rings. The zero-order chi connectivity index (χ0) is 13.5. The van der Waals surface area contributed by atoms with E-state index in [1.165, 1.54) is 0 Å². The van der Waals surface area contributed by atoms with Crippen LogP contribution in [-0.2, 0) is 4.79 Å². The molecular weight excluding hydrogens is 252 g/mol. The van der Waals surface area contributed by atoms with Crippen molar-refractivity contribution in [1.29, 1.82) is 0 Å². The molecule has 2 rings (SSSR count). The van der Waals surface area contributed by atoms with Crippen LogP contribution in [0.15, 0.2) is 12.1 Å². The lowest BCUT2D eigenvalue weighted by Crippen LogP contribution is -2.62. The van der Waals surface area contributed by atoms with Gasteiger partial charge in [0.25, 0.3) is 0 Å². The number of likely N-dealkylation sites (N-methyl/N-ethyl adjacent to an activating group) is 1. The molecule has 0 bridgehead atoms. The van der Waals surface area contributed by atoms with E-state index in [2.05, 4.69) is 4.98 Å². The number of nitrogens with zero attached hydrogens (tertiary/aromatic N) is 3. The zero-order valence-electron chi connectivity index (χ0n) is 10.8. The highest BCUT2D eigenvalue weighted by Gasteiger charge is 2.41. The molecule has 2 N–H and O–H groups in total. The second kappa shape index (κ2) is 4.31. The van der Waals surface area contributed by atoms with Gasteiger partial charge in [-0.2, -0.15) is 0 Å². The van der Waals surface area contributed by atoms with Crippen LogP contribution in [0.25, 0.3) is 0 Å². The number of carbonyl (C=O) groups excluding carboxylic acids is 1. The standard InChI is InChI=1S/C12H17ClN4O/c1-12(2)11(18)16(3)6-7-17(12)10-8(14)4-5-9(13)15-10/h4-5H,6-7,14H2,1-3H3. The van der Waals surface area contributed by atoms with E-state index in [4.69, 9.17) is 17.3 Å². The smallest absolute Gasteiger partial charge is 0.247 e. The molecule has 1 aliphatic heterocycles. The number of amides is 1. The van der Waals surface area contributed by atoms with E-state index < -0.39 is 5.54 Å². The first-order valence-corrected chi connectivity index (χ1v) is 6.17. The van der Waals surface area contributed by atoms with Gasteiger partial charge >= 0.3 is 0 Å². The molecule has 1 amide bonds. The summed E-state index contributed by atoms with van der Waals surface area (Å²) in [7, 11) is 1.80. The van der Waals surface area contributed by atoms with Gasteiger partial charge in [0.05, 0.1) is 5.69 Å². The van der Waals surface area contributed by atoms with Crippen molar-refractivity contribution in [3.8, 4) is 0 Å². The number of aromatic nitrogens is 1. The minimum Gasteiger partial charge on any atom is -0.396 e. The van der Waals surface area contributed by atoms with Crippen molar-refractivity contribution in [3.05, 3.63) is 17.3 Å². The summed E-state index contributed by atoms with van der Waals surface area (Å²) in [4.78, 5) is 20.1. The lowest BCUT2D eigenvalue weighted by Gasteiger charge is -2.45. The summed E-state index contributed by atoms with van der Waals surface area (Å²) in [5.41, 5.74) is 5.80. The summed E-state index contributed by atoms with van der Waals surface area (Å²) in [6, 6.07) is 3.36. The maximum Gasteiger partial charge on any atom is 0.247 e. The van der Waals surface area contributed by atoms with Crippen LogP contribution in [0.4, 0.5) is 11.5 Å². The molecule has 18 heavy (non-hydrogen) atoms. The molecule has 98 valence electrons. The highest BCUT2D eigenvalue weighted by atomic mass is 35.5. The summed E-state index contributed by atoms with van der Waals surface area (Å²) in [5, 5.41) is 0.376. The fraction of sp³-hybridized carbons (Fsp3) is 0.500. The van der Waals surface area contributed by atoms with Crippen LogP contribution in [-0.4, -0.2) is 41.5 Å². The number of hydrogen-bond acceptors (Lipinski definition) is 4. The number of rotatable bonds is 1. The van der Waals surface area contributed by atoms with E-state index >= 15 is 0 Å². The predicted octanol–water partition coefficient (Wildman–Crippen LogP) is 1.37. The van der Waals surface area contributed by atoms with Crippen molar-refractivity contribution in [2.24, 2.45) is 0 Å². The molecule has 6 heteroatoms. The van der Waals surface area contributed by atoms with E-state index in [9.17, 15) is 4.79 Å². The average molecular weight is 269 g/mol. The molecule has 0 unspecified atom stereocenters. The fourth-order valence-electron chi connectivity index (χ4n) is 2.24. The Bertz CT molecular complexity index is 489. The van der Waals surface area contributed by atoms with E-state index in [0.717, 1.165) is 0 Å². The van der Waals surface area contributed by atoms with Crippen LogP contribution >= 0.6 is 11.6 Å². The van der Waals surface area contributed by atoms with Crippen molar-refractivity contribution in [3.63, 3.8) is 0 Å². The van der Waals surface area contributed by atoms with Crippen molar-refractivity contribution in [1.82, 2.24) is 9.88 Å². The Labute approximate surface area is 112 Å². The Morgan fingerprint density at radius 2 is 2.06 bits per heavy atom. The summed E-state index contributed by atoms with van der Waals surface area (Å²) < 4.78 is 0. The van der Waals surface area contributed by atoms with Crippen LogP contribution < -0.4 is 10.6 Å². The summed E-state index contributed by atoms with van der Waals surface area (Å²) in [5.74, 6) is 0.629. The van der Waals surface area contributed by atoms with Crippen LogP contribution in [0, 0.1) is 0 Å². The van der Waals surface area contributed by atoms with Gasteiger partial charge in [0, 0.05) is 20.1 Å². The molecule has 1 aromatic rings. The molecule has 0 spiro atoms. The normalized spacial score (nSPS) is 19.2. The topological polar surface area (TPSA) is 62.5 Å². The van der Waals surface area contributed by atoms with Gasteiger partial charge < -0.3 is 15.5 Å². The fourth-order valence-corrected chi connectivity index (χ4v) is 2.38. The SMILES string of the molecule is CN1CCN(c2nc(Cl)ccc2N)C(C)(C)C1=O. The monoisotopic (exact) mass is 268 g/mol. The third-order valence-electron chi connectivity index (χ3n) is 3.33. The molecule has 5 nitrogen and oxygen atoms in total. The van der Waals surface area contributed by atoms with Gasteiger partial charge in [-0.3, -0.25) is 4.79 Å². The molecule has 1 fully saturated rings. The first-order chi connectivity index (χ1) is 8.34. The number of nitrogens with two attached hydrogens (primary N) is 1. The summed E-state index contributed by atoms with van der Waals surface area (Å²) >= 11 is 5.91. The summed E-state index contributed by atoms with van der Waals surface area (Å²) in [6.07, 6.45) is 0. The Morgan fingerprint density at radius 3 is 2.72 bits per heavy atom. The minimum absolute atomic E-state index is 0.0509. The molecule has 1 saturated heterocycles. The number of halogens is 1. The lowest BCUT2D eigenvalue weighted by molar-refractivity contribution is -0.136. The van der Waals surface area contributed by atoms with Crippen molar-refractivity contribution < 1.29 is 4.79 Å². The molecular formula is C12H17ClN4O. The van der Waals surface area contributed by atoms with Gasteiger partial charge in [-0.15, -0.1) is 0 Å². The molecule has 0 radical (unpaired) electrons. The highest BCUT2D eigenvalue weighted by Crippen LogP contribution is 2.31. The van der Waals surface area contributed by atoms with E-state index in [1.54, 1.807) is 24.1 Å². The molecule has 2 heterocycles. The van der Waals surface area contributed by atoms with Gasteiger partial charge in [0.1, 0.15) is 10.7 Å². The molecule has 1 aromatic heterocycles. The van der Waals surface area contributed by atoms with Crippen LogP contribution in [0.1, 0.15) is 13.8 Å². The van der Waals surface area contributed by atoms with Gasteiger partial charge in [-0.25, -0.2) is 4.98 Å². The van der Waals surface area contributed by atoms with E-state index in [1.807, 2.05) is 18.7 Å². The van der Waals surface area contributed by atoms with Crippen LogP contribution in [0.2, 0.25) is 5.15 Å². The van der Waals surface area contributed by atoms with E-state index in [0.29, 0.717) is 29.7 Å². The van der Waals surface area contributed by atoms with Crippen molar-refractivity contribution >= 4 is 29.0 Å². The quantitative estimate of drug-likeness (QED) is 0.782. The first kappa shape index (κ1) is 13.0. The minimum atomic E-state index is -0.668. The molecule has 0 saturated carbocycles. The Balaban J connectivity index is 2.44. The lowest BCUT2D eigenvalue weighted by atomic mass is 9.97. The maximum atomic E-state index is 12.2. The number of pyridine rings is 1. The number of anilines is 2. The van der Waals surface area contributed by atoms with Crippen LogP contribution in [0.5, 0.6) is 0 Å². The zero-order valence-corrected chi connectivity index (χ0v) is 11.5. The van der Waals surface area contributed by atoms with Crippen molar-refractivity contribution in [2.75, 3.05) is 30.8 Å². The van der Waals surface area contributed by atoms with Gasteiger partial charge in [-0.1, -0.05) is 11.6 Å². The molecule has 0 aromatic carbocycles. The average Bonchev–Trinajstić information content (AvgIpc) is 2.30. The maximum absolute atomic E-state index is 12.2. The third-order valence-corrected chi connectivity index (χ3v) is 3.54. The molecule has 0 atom stereocenters. The van der Waals surface area contributed by atoms with Crippen molar-refractivity contribution in [2.45, 2.75) is 19.4 Å². The number of piperazine rings is 1. The number of nitrogen functional groups attached to an aromatic ring is 1. The Kier molecular flexibility index (Phi) is 3.11. The highest BCUT2D eigenvalue weighted by molar-refractivity contribution is 6.29. The second-order valence-corrected chi connectivity index (χ2v) is 5.37. The number of carbonyl (C=O) groups is 1. The Hall–Kier alpha value is -1.49. The van der Waals surface area contributed by atoms with Gasteiger partial charge in [0.15, 0.2) is 5.82 Å². The predicted molar refractivity (Wildman–Crippen MR) is 72.7 cm³/mol. The Morgan fingerprint density at radius 1 is 1.39 bits per heavy atom. The first-order valence-electron chi connectivity index (χ1n) is 5.79.